The van der Waals surface area contributed by atoms with Crippen LogP contribution in [-0.2, 0) is 19.1 Å². The zero-order valence-corrected chi connectivity index (χ0v) is 24.8. The van der Waals surface area contributed by atoms with E-state index in [4.69, 9.17) is 9.84 Å². The lowest BCUT2D eigenvalue weighted by molar-refractivity contribution is -0.141. The minimum atomic E-state index is -0.818. The SMILES string of the molecule is CCC/C(=C\c1ccc(O)c2ccccc12)CC[C@H]1OC[C@H]2C1=C(CC)C[C@H]1C(=O)N(CCCCCC(=O)O)C(=O)[C@H]12. The molecule has 3 aliphatic rings. The number of phenolic OH excluding ortho intramolecular Hbond substituents is 1. The number of allylic oxidation sites excluding steroid dienone is 2. The number of carboxylic acid groups (broad SMARTS) is 1. The van der Waals surface area contributed by atoms with E-state index in [-0.39, 0.29) is 47.8 Å². The molecule has 2 amide bonds. The highest BCUT2D eigenvalue weighted by molar-refractivity contribution is 6.06. The molecule has 0 bridgehead atoms. The van der Waals surface area contributed by atoms with E-state index < -0.39 is 5.97 Å². The maximum absolute atomic E-state index is 13.6. The Morgan fingerprint density at radius 1 is 0.976 bits per heavy atom. The van der Waals surface area contributed by atoms with Gasteiger partial charge in [-0.05, 0) is 67.5 Å². The van der Waals surface area contributed by atoms with Gasteiger partial charge in [0.05, 0.1) is 24.5 Å². The molecule has 7 heteroatoms. The maximum Gasteiger partial charge on any atom is 0.303 e. The van der Waals surface area contributed by atoms with E-state index in [9.17, 15) is 19.5 Å². The average molecular weight is 574 g/mol. The number of rotatable bonds is 13. The molecular weight excluding hydrogens is 530 g/mol. The summed E-state index contributed by atoms with van der Waals surface area (Å²) in [6.45, 7) is 5.17. The van der Waals surface area contributed by atoms with Crippen LogP contribution in [0.3, 0.4) is 0 Å². The number of fused-ring (bicyclic) bond motifs is 4. The van der Waals surface area contributed by atoms with Crippen molar-refractivity contribution in [1.82, 2.24) is 4.90 Å². The molecule has 2 aliphatic heterocycles. The molecule has 5 rings (SSSR count). The third kappa shape index (κ3) is 6.03. The summed E-state index contributed by atoms with van der Waals surface area (Å²) in [5, 5.41) is 21.1. The Labute approximate surface area is 248 Å². The van der Waals surface area contributed by atoms with Crippen LogP contribution >= 0.6 is 0 Å². The van der Waals surface area contributed by atoms with Crippen molar-refractivity contribution in [1.29, 1.82) is 0 Å². The van der Waals surface area contributed by atoms with Crippen molar-refractivity contribution in [3.05, 3.63) is 58.7 Å². The molecule has 2 saturated heterocycles. The van der Waals surface area contributed by atoms with Crippen molar-refractivity contribution < 1.29 is 29.3 Å². The van der Waals surface area contributed by atoms with Crippen LogP contribution in [0.1, 0.15) is 83.6 Å². The molecule has 2 aromatic rings. The lowest BCUT2D eigenvalue weighted by atomic mass is 9.69. The molecule has 7 nitrogen and oxygen atoms in total. The first-order valence-corrected chi connectivity index (χ1v) is 15.6. The van der Waals surface area contributed by atoms with Gasteiger partial charge in [-0.25, -0.2) is 0 Å². The van der Waals surface area contributed by atoms with Gasteiger partial charge < -0.3 is 14.9 Å². The number of amides is 2. The topological polar surface area (TPSA) is 104 Å². The molecule has 2 fully saturated rings. The lowest BCUT2D eigenvalue weighted by Crippen LogP contribution is -2.34. The minimum Gasteiger partial charge on any atom is -0.507 e. The normalized spacial score (nSPS) is 24.0. The fraction of sp³-hybridized carbons (Fsp3) is 0.514. The van der Waals surface area contributed by atoms with E-state index in [0.29, 0.717) is 38.8 Å². The van der Waals surface area contributed by atoms with Crippen LogP contribution in [0.2, 0.25) is 0 Å². The summed E-state index contributed by atoms with van der Waals surface area (Å²) in [6.07, 6.45) is 9.41. The number of carboxylic acids is 1. The first-order chi connectivity index (χ1) is 20.3. The number of likely N-dealkylation sites (tertiary alicyclic amines) is 1. The van der Waals surface area contributed by atoms with Gasteiger partial charge in [0.15, 0.2) is 0 Å². The molecule has 0 unspecified atom stereocenters. The smallest absolute Gasteiger partial charge is 0.303 e. The molecule has 1 aliphatic carbocycles. The standard InChI is InChI=1S/C35H43NO6/c1-3-10-22(19-24-15-16-29(37)26-12-8-7-11-25(24)26)14-17-30-32-23(4-2)20-27-33(28(32)21-42-30)35(41)36(34(27)40)18-9-5-6-13-31(38)39/h7-8,11-12,15-16,19,27-28,30,33,37H,3-6,9-10,13-14,17-18,20-21H2,1-2H3,(H,38,39)/b22-19+/t27-,28+,30-,33-/m1/s1. The van der Waals surface area contributed by atoms with Gasteiger partial charge in [-0.15, -0.1) is 0 Å². The van der Waals surface area contributed by atoms with E-state index in [1.165, 1.54) is 21.6 Å². The Balaban J connectivity index is 1.30. The fourth-order valence-corrected chi connectivity index (χ4v) is 7.38. The molecule has 2 heterocycles. The summed E-state index contributed by atoms with van der Waals surface area (Å²) in [5.41, 5.74) is 4.98. The highest BCUT2D eigenvalue weighted by Gasteiger charge is 2.56. The molecule has 0 radical (unpaired) electrons. The first-order valence-electron chi connectivity index (χ1n) is 15.6. The summed E-state index contributed by atoms with van der Waals surface area (Å²) in [6, 6.07) is 11.7. The van der Waals surface area contributed by atoms with Crippen molar-refractivity contribution in [3.8, 4) is 5.75 Å². The largest absolute Gasteiger partial charge is 0.507 e. The van der Waals surface area contributed by atoms with E-state index in [1.807, 2.05) is 30.3 Å². The molecule has 2 aromatic carbocycles. The van der Waals surface area contributed by atoms with E-state index >= 15 is 0 Å². The predicted molar refractivity (Wildman–Crippen MR) is 163 cm³/mol. The number of phenols is 1. The number of carbonyl (C=O) groups excluding carboxylic acids is 2. The number of ether oxygens (including phenoxy) is 1. The van der Waals surface area contributed by atoms with Gasteiger partial charge in [0.1, 0.15) is 5.75 Å². The van der Waals surface area contributed by atoms with Gasteiger partial charge in [-0.1, -0.05) is 74.2 Å². The quantitative estimate of drug-likeness (QED) is 0.154. The number of benzene rings is 2. The van der Waals surface area contributed by atoms with Crippen molar-refractivity contribution in [2.75, 3.05) is 13.2 Å². The van der Waals surface area contributed by atoms with E-state index in [2.05, 4.69) is 19.9 Å². The van der Waals surface area contributed by atoms with Crippen LogP contribution < -0.4 is 0 Å². The van der Waals surface area contributed by atoms with Gasteiger partial charge in [0.2, 0.25) is 11.8 Å². The van der Waals surface area contributed by atoms with Gasteiger partial charge in [-0.3, -0.25) is 19.3 Å². The molecule has 2 N–H and O–H groups in total. The highest BCUT2D eigenvalue weighted by Crippen LogP contribution is 2.50. The molecule has 224 valence electrons. The summed E-state index contributed by atoms with van der Waals surface area (Å²) in [5.74, 6) is -1.36. The second-order valence-corrected chi connectivity index (χ2v) is 12.0. The number of aliphatic carboxylic acids is 1. The Hall–Kier alpha value is -3.45. The van der Waals surface area contributed by atoms with Crippen LogP contribution in [-0.4, -0.2) is 52.2 Å². The monoisotopic (exact) mass is 573 g/mol. The fourth-order valence-electron chi connectivity index (χ4n) is 7.38. The van der Waals surface area contributed by atoms with Crippen molar-refractivity contribution in [2.45, 2.75) is 84.2 Å². The second-order valence-electron chi connectivity index (χ2n) is 12.0. The number of unbranched alkanes of at least 4 members (excludes halogenated alkanes) is 2. The average Bonchev–Trinajstić information content (AvgIpc) is 3.51. The third-order valence-corrected chi connectivity index (χ3v) is 9.39. The number of hydrogen-bond donors (Lipinski definition) is 2. The van der Waals surface area contributed by atoms with E-state index in [1.54, 1.807) is 6.07 Å². The zero-order chi connectivity index (χ0) is 29.8. The number of hydrogen-bond acceptors (Lipinski definition) is 5. The van der Waals surface area contributed by atoms with Crippen LogP contribution in [0, 0.1) is 17.8 Å². The summed E-state index contributed by atoms with van der Waals surface area (Å²) in [4.78, 5) is 39.2. The van der Waals surface area contributed by atoms with E-state index in [0.717, 1.165) is 48.4 Å². The Bertz CT molecular complexity index is 1410. The minimum absolute atomic E-state index is 0.0446. The van der Waals surface area contributed by atoms with Gasteiger partial charge in [0.25, 0.3) is 0 Å². The van der Waals surface area contributed by atoms with Crippen LogP contribution in [0.25, 0.3) is 16.8 Å². The first kappa shape index (κ1) is 30.0. The lowest BCUT2D eigenvalue weighted by Gasteiger charge is -2.31. The number of aromatic hydroxyl groups is 1. The Morgan fingerprint density at radius 2 is 1.76 bits per heavy atom. The maximum atomic E-state index is 13.6. The highest BCUT2D eigenvalue weighted by atomic mass is 16.5. The van der Waals surface area contributed by atoms with Gasteiger partial charge in [0, 0.05) is 24.3 Å². The molecule has 0 saturated carbocycles. The van der Waals surface area contributed by atoms with Crippen LogP contribution in [0.15, 0.2) is 53.1 Å². The summed E-state index contributed by atoms with van der Waals surface area (Å²) < 4.78 is 6.40. The Kier molecular flexibility index (Phi) is 9.47. The number of carbonyl (C=O) groups is 3. The molecule has 4 atom stereocenters. The van der Waals surface area contributed by atoms with Crippen molar-refractivity contribution >= 4 is 34.6 Å². The summed E-state index contributed by atoms with van der Waals surface area (Å²) in [7, 11) is 0. The number of nitrogens with zero attached hydrogens (tertiary/aromatic N) is 1. The molecule has 42 heavy (non-hydrogen) atoms. The molecule has 0 spiro atoms. The molecule has 0 aromatic heterocycles. The number of imide groups is 1. The predicted octanol–water partition coefficient (Wildman–Crippen LogP) is 6.88. The zero-order valence-electron chi connectivity index (χ0n) is 24.8. The van der Waals surface area contributed by atoms with Gasteiger partial charge >= 0.3 is 5.97 Å². The van der Waals surface area contributed by atoms with Gasteiger partial charge in [-0.2, -0.15) is 0 Å². The van der Waals surface area contributed by atoms with Crippen LogP contribution in [0.4, 0.5) is 0 Å². The second kappa shape index (κ2) is 13.2. The summed E-state index contributed by atoms with van der Waals surface area (Å²) >= 11 is 0. The van der Waals surface area contributed by atoms with Crippen molar-refractivity contribution in [2.24, 2.45) is 17.8 Å². The third-order valence-electron chi connectivity index (χ3n) is 9.39. The van der Waals surface area contributed by atoms with Crippen LogP contribution in [0.5, 0.6) is 5.75 Å². The molecular formula is C35H43NO6. The Morgan fingerprint density at radius 3 is 2.50 bits per heavy atom. The van der Waals surface area contributed by atoms with Crippen molar-refractivity contribution in [3.63, 3.8) is 0 Å².